The van der Waals surface area contributed by atoms with E-state index in [1.54, 1.807) is 13.8 Å². The van der Waals surface area contributed by atoms with Crippen LogP contribution in [0.5, 0.6) is 0 Å². The van der Waals surface area contributed by atoms with Crippen molar-refractivity contribution < 1.29 is 23.0 Å². The lowest BCUT2D eigenvalue weighted by Crippen LogP contribution is -2.27. The molecule has 1 rings (SSSR count). The third kappa shape index (κ3) is 3.85. The normalized spacial score (nSPS) is 14.3. The largest absolute Gasteiger partial charge is 0.353 e. The lowest BCUT2D eigenvalue weighted by Gasteiger charge is -2.18. The minimum Gasteiger partial charge on any atom is -0.353 e. The lowest BCUT2D eigenvalue weighted by atomic mass is 10.1. The first kappa shape index (κ1) is 14.7. The van der Waals surface area contributed by atoms with E-state index in [1.165, 1.54) is 6.92 Å². The van der Waals surface area contributed by atoms with Crippen molar-refractivity contribution in [1.82, 2.24) is 0 Å². The molecule has 5 heteroatoms. The smallest absolute Gasteiger partial charge is 0.194 e. The molecule has 0 aliphatic heterocycles. The number of ether oxygens (including phenoxy) is 2. The predicted molar refractivity (Wildman–Crippen MR) is 62.3 cm³/mol. The Balaban J connectivity index is 2.77. The first-order valence-corrected chi connectivity index (χ1v) is 5.72. The molecule has 2 atom stereocenters. The van der Waals surface area contributed by atoms with Crippen LogP contribution in [-0.4, -0.2) is 24.8 Å². The first-order valence-electron chi connectivity index (χ1n) is 5.72. The third-order valence-electron chi connectivity index (χ3n) is 2.36. The fourth-order valence-corrected chi connectivity index (χ4v) is 1.53. The Morgan fingerprint density at radius 1 is 1.33 bits per heavy atom. The van der Waals surface area contributed by atoms with Crippen LogP contribution in [0.3, 0.4) is 0 Å². The van der Waals surface area contributed by atoms with Crippen LogP contribution in [0.1, 0.15) is 31.1 Å². The van der Waals surface area contributed by atoms with Crippen molar-refractivity contribution in [3.8, 4) is 0 Å². The molecule has 0 aliphatic rings. The van der Waals surface area contributed by atoms with Crippen LogP contribution >= 0.6 is 0 Å². The Hall–Kier alpha value is -1.33. The van der Waals surface area contributed by atoms with Crippen molar-refractivity contribution in [1.29, 1.82) is 0 Å². The highest BCUT2D eigenvalue weighted by Crippen LogP contribution is 2.14. The number of hydrogen-bond donors (Lipinski definition) is 0. The summed E-state index contributed by atoms with van der Waals surface area (Å²) in [6.45, 7) is 5.34. The molecule has 1 aromatic rings. The van der Waals surface area contributed by atoms with Gasteiger partial charge in [-0.2, -0.15) is 0 Å². The third-order valence-corrected chi connectivity index (χ3v) is 2.36. The van der Waals surface area contributed by atoms with Gasteiger partial charge >= 0.3 is 0 Å². The van der Waals surface area contributed by atoms with Crippen LogP contribution in [0.25, 0.3) is 0 Å². The fourth-order valence-electron chi connectivity index (χ4n) is 1.53. The molecule has 0 saturated carbocycles. The maximum atomic E-state index is 13.4. The quantitative estimate of drug-likeness (QED) is 0.581. The molecule has 0 aliphatic carbocycles. The fraction of sp³-hybridized carbons (Fsp3) is 0.462. The second kappa shape index (κ2) is 6.56. The predicted octanol–water partition coefficient (Wildman–Crippen LogP) is 2.94. The van der Waals surface area contributed by atoms with Crippen LogP contribution in [0.15, 0.2) is 18.2 Å². The summed E-state index contributed by atoms with van der Waals surface area (Å²) in [5, 5.41) is 0. The van der Waals surface area contributed by atoms with Crippen molar-refractivity contribution in [2.75, 3.05) is 6.61 Å². The molecular formula is C13H16F2O3. The van der Waals surface area contributed by atoms with E-state index in [0.29, 0.717) is 6.61 Å². The van der Waals surface area contributed by atoms with Crippen molar-refractivity contribution in [3.63, 3.8) is 0 Å². The van der Waals surface area contributed by atoms with Gasteiger partial charge in [-0.25, -0.2) is 8.78 Å². The molecule has 0 saturated heterocycles. The average molecular weight is 258 g/mol. The van der Waals surface area contributed by atoms with E-state index in [4.69, 9.17) is 9.47 Å². The molecule has 0 unspecified atom stereocenters. The van der Waals surface area contributed by atoms with Crippen LogP contribution < -0.4 is 0 Å². The van der Waals surface area contributed by atoms with Gasteiger partial charge in [-0.1, -0.05) is 0 Å². The Bertz CT molecular complexity index is 421. The number of benzene rings is 1. The number of Topliss-reactive ketones (excluding diaryl/α,β-unsaturated/α-hetero) is 1. The van der Waals surface area contributed by atoms with E-state index in [9.17, 15) is 13.6 Å². The topological polar surface area (TPSA) is 35.5 Å². The van der Waals surface area contributed by atoms with Gasteiger partial charge in [0.25, 0.3) is 0 Å². The van der Waals surface area contributed by atoms with E-state index in [2.05, 4.69) is 0 Å². The van der Waals surface area contributed by atoms with E-state index >= 15 is 0 Å². The number of ketones is 1. The number of rotatable bonds is 6. The molecular weight excluding hydrogens is 242 g/mol. The highest BCUT2D eigenvalue weighted by Gasteiger charge is 2.22. The number of hydrogen-bond acceptors (Lipinski definition) is 3. The number of carbonyl (C=O) groups excluding carboxylic acids is 1. The molecule has 0 N–H and O–H groups in total. The molecule has 0 spiro atoms. The summed E-state index contributed by atoms with van der Waals surface area (Å²) in [6.07, 6.45) is -1.48. The van der Waals surface area contributed by atoms with E-state index in [-0.39, 0.29) is 5.56 Å². The Morgan fingerprint density at radius 2 is 2.00 bits per heavy atom. The van der Waals surface area contributed by atoms with Crippen LogP contribution in [-0.2, 0) is 9.47 Å². The van der Waals surface area contributed by atoms with Gasteiger partial charge in [-0.05, 0) is 39.0 Å². The maximum absolute atomic E-state index is 13.4. The Kier molecular flexibility index (Phi) is 5.37. The zero-order chi connectivity index (χ0) is 13.7. The van der Waals surface area contributed by atoms with Crippen molar-refractivity contribution >= 4 is 5.78 Å². The maximum Gasteiger partial charge on any atom is 0.194 e. The monoisotopic (exact) mass is 258 g/mol. The minimum absolute atomic E-state index is 0.314. The highest BCUT2D eigenvalue weighted by atomic mass is 19.1. The van der Waals surface area contributed by atoms with Crippen LogP contribution in [0.4, 0.5) is 8.78 Å². The minimum atomic E-state index is -0.900. The van der Waals surface area contributed by atoms with E-state index in [0.717, 1.165) is 18.2 Å². The molecule has 0 amide bonds. The zero-order valence-corrected chi connectivity index (χ0v) is 10.6. The van der Waals surface area contributed by atoms with Gasteiger partial charge in [-0.3, -0.25) is 4.79 Å². The Labute approximate surface area is 105 Å². The molecule has 0 fully saturated rings. The summed E-state index contributed by atoms with van der Waals surface area (Å²) in [5.41, 5.74) is -0.314. The Morgan fingerprint density at radius 3 is 2.61 bits per heavy atom. The summed E-state index contributed by atoms with van der Waals surface area (Å²) in [6, 6.07) is 2.74. The molecule has 0 aromatic heterocycles. The molecule has 0 bridgehead atoms. The second-order valence-electron chi connectivity index (χ2n) is 3.79. The zero-order valence-electron chi connectivity index (χ0n) is 10.6. The van der Waals surface area contributed by atoms with Crippen LogP contribution in [0, 0.1) is 11.6 Å². The van der Waals surface area contributed by atoms with Gasteiger partial charge in [0.2, 0.25) is 0 Å². The first-order chi connectivity index (χ1) is 8.45. The van der Waals surface area contributed by atoms with Crippen molar-refractivity contribution in [2.45, 2.75) is 33.2 Å². The summed E-state index contributed by atoms with van der Waals surface area (Å²) in [4.78, 5) is 11.9. The van der Waals surface area contributed by atoms with Gasteiger partial charge in [0, 0.05) is 6.61 Å². The molecule has 3 nitrogen and oxygen atoms in total. The SMILES string of the molecule is CCO[C@H](C)O[C@H](C)C(=O)c1cc(F)ccc1F. The summed E-state index contributed by atoms with van der Waals surface area (Å²) >= 11 is 0. The number of halogens is 2. The van der Waals surface area contributed by atoms with Gasteiger partial charge in [0.05, 0.1) is 5.56 Å². The molecule has 1 aromatic carbocycles. The van der Waals surface area contributed by atoms with Crippen LogP contribution in [0.2, 0.25) is 0 Å². The van der Waals surface area contributed by atoms with Crippen molar-refractivity contribution in [3.05, 3.63) is 35.4 Å². The molecule has 18 heavy (non-hydrogen) atoms. The summed E-state index contributed by atoms with van der Waals surface area (Å²) in [7, 11) is 0. The van der Waals surface area contributed by atoms with Gasteiger partial charge < -0.3 is 9.47 Å². The molecule has 0 heterocycles. The molecule has 100 valence electrons. The summed E-state index contributed by atoms with van der Waals surface area (Å²) < 4.78 is 36.7. The number of carbonyl (C=O) groups is 1. The van der Waals surface area contributed by atoms with Gasteiger partial charge in [0.1, 0.15) is 17.7 Å². The van der Waals surface area contributed by atoms with Gasteiger partial charge in [0.15, 0.2) is 12.1 Å². The van der Waals surface area contributed by atoms with E-state index in [1.807, 2.05) is 0 Å². The van der Waals surface area contributed by atoms with Gasteiger partial charge in [-0.15, -0.1) is 0 Å². The lowest BCUT2D eigenvalue weighted by molar-refractivity contribution is -0.142. The standard InChI is InChI=1S/C13H16F2O3/c1-4-17-9(3)18-8(2)13(16)11-7-10(14)5-6-12(11)15/h5-9H,4H2,1-3H3/t8-,9+/m1/s1. The van der Waals surface area contributed by atoms with Crippen molar-refractivity contribution in [2.24, 2.45) is 0 Å². The highest BCUT2D eigenvalue weighted by molar-refractivity contribution is 5.99. The second-order valence-corrected chi connectivity index (χ2v) is 3.79. The summed E-state index contributed by atoms with van der Waals surface area (Å²) in [5.74, 6) is -2.04. The van der Waals surface area contributed by atoms with E-state index < -0.39 is 29.8 Å². The molecule has 0 radical (unpaired) electrons. The average Bonchev–Trinajstić information content (AvgIpc) is 2.31.